The highest BCUT2D eigenvalue weighted by Gasteiger charge is 2.23. The van der Waals surface area contributed by atoms with Crippen LogP contribution in [0.2, 0.25) is 0 Å². The molecule has 192 valence electrons. The van der Waals surface area contributed by atoms with E-state index in [2.05, 4.69) is 62.9 Å². The molecule has 0 aliphatic carbocycles. The van der Waals surface area contributed by atoms with Gasteiger partial charge < -0.3 is 20.3 Å². The number of likely N-dealkylation sites (N-methyl/N-ethyl adjacent to an activating group) is 1. The van der Waals surface area contributed by atoms with Crippen LogP contribution in [-0.2, 0) is 11.3 Å². The monoisotopic (exact) mass is 516 g/mol. The largest absolute Gasteiger partial charge is 0.378 e. The predicted molar refractivity (Wildman–Crippen MR) is 149 cm³/mol. The fourth-order valence-electron chi connectivity index (χ4n) is 5.00. The van der Waals surface area contributed by atoms with Crippen LogP contribution in [-0.4, -0.2) is 89.3 Å². The summed E-state index contributed by atoms with van der Waals surface area (Å²) in [4.78, 5) is 26.8. The van der Waals surface area contributed by atoms with Crippen molar-refractivity contribution in [2.24, 2.45) is 0 Å². The molecule has 0 spiro atoms. The second kappa shape index (κ2) is 10.3. The summed E-state index contributed by atoms with van der Waals surface area (Å²) in [6.07, 6.45) is 3.38. The van der Waals surface area contributed by atoms with E-state index < -0.39 is 0 Å². The first-order valence-corrected chi connectivity index (χ1v) is 13.6. The zero-order chi connectivity index (χ0) is 25.4. The summed E-state index contributed by atoms with van der Waals surface area (Å²) in [6.45, 7) is 10.6. The highest BCUT2D eigenvalue weighted by molar-refractivity contribution is 7.23. The molecule has 2 fully saturated rings. The van der Waals surface area contributed by atoms with Crippen LogP contribution in [0.15, 0.2) is 36.7 Å². The Kier molecular flexibility index (Phi) is 6.72. The van der Waals surface area contributed by atoms with Crippen molar-refractivity contribution in [2.45, 2.75) is 13.5 Å². The van der Waals surface area contributed by atoms with Crippen LogP contribution in [0.1, 0.15) is 11.1 Å². The number of nitrogens with two attached hydrogens (primary N) is 1. The smallest absolute Gasteiger partial charge is 0.219 e. The average molecular weight is 517 g/mol. The number of anilines is 2. The molecule has 6 rings (SSSR count). The lowest BCUT2D eigenvalue weighted by molar-refractivity contribution is 0.122. The number of rotatable bonds is 5. The molecule has 3 aromatic heterocycles. The Hall–Kier alpha value is -3.18. The third-order valence-electron chi connectivity index (χ3n) is 7.18. The second-order valence-corrected chi connectivity index (χ2v) is 10.8. The minimum atomic E-state index is 0.240. The van der Waals surface area contributed by atoms with Crippen molar-refractivity contribution in [3.05, 3.63) is 47.8 Å². The van der Waals surface area contributed by atoms with Gasteiger partial charge in [-0.2, -0.15) is 0 Å². The van der Waals surface area contributed by atoms with Crippen LogP contribution in [0.4, 0.5) is 11.8 Å². The standard InChI is InChI=1S/C27H32N8OS/c1-18-22-24(37-23(18)20-5-3-4-19(14-20)17-34-8-6-33(2)7-9-34)26(35-10-12-36-13-11-35)32-25(31-22)21-15-29-27(28)30-16-21/h3-5,14-16H,6-13,17H2,1-2H3,(H2,28,29,30). The normalized spacial score (nSPS) is 17.5. The van der Waals surface area contributed by atoms with E-state index in [4.69, 9.17) is 20.4 Å². The molecule has 5 heterocycles. The molecule has 2 saturated heterocycles. The SMILES string of the molecule is Cc1c(-c2cccc(CN3CCN(C)CC3)c2)sc2c(N3CCOCC3)nc(-c3cnc(N)nc3)nc12. The minimum absolute atomic E-state index is 0.240. The number of thiophene rings is 1. The highest BCUT2D eigenvalue weighted by atomic mass is 32.1. The molecule has 2 aliphatic heterocycles. The molecule has 0 amide bonds. The van der Waals surface area contributed by atoms with Gasteiger partial charge in [0.2, 0.25) is 5.95 Å². The summed E-state index contributed by atoms with van der Waals surface area (Å²) in [5.74, 6) is 1.81. The van der Waals surface area contributed by atoms with Crippen LogP contribution in [0, 0.1) is 6.92 Å². The number of aryl methyl sites for hydroxylation is 1. The molecule has 37 heavy (non-hydrogen) atoms. The zero-order valence-electron chi connectivity index (χ0n) is 21.4. The number of nitrogen functional groups attached to an aromatic ring is 1. The maximum atomic E-state index is 5.72. The van der Waals surface area contributed by atoms with Crippen molar-refractivity contribution in [2.75, 3.05) is 70.2 Å². The van der Waals surface area contributed by atoms with Gasteiger partial charge in [0.05, 0.1) is 29.0 Å². The van der Waals surface area contributed by atoms with Crippen molar-refractivity contribution < 1.29 is 4.74 Å². The summed E-state index contributed by atoms with van der Waals surface area (Å²) < 4.78 is 6.73. The minimum Gasteiger partial charge on any atom is -0.378 e. The van der Waals surface area contributed by atoms with E-state index in [1.807, 2.05) is 0 Å². The Morgan fingerprint density at radius 2 is 1.73 bits per heavy atom. The molecule has 1 aromatic carbocycles. The summed E-state index contributed by atoms with van der Waals surface area (Å²) >= 11 is 1.78. The van der Waals surface area contributed by atoms with E-state index >= 15 is 0 Å². The van der Waals surface area contributed by atoms with Gasteiger partial charge >= 0.3 is 0 Å². The van der Waals surface area contributed by atoms with Gasteiger partial charge in [-0.15, -0.1) is 11.3 Å². The Labute approximate surface area is 220 Å². The van der Waals surface area contributed by atoms with Gasteiger partial charge in [0, 0.05) is 63.1 Å². The van der Waals surface area contributed by atoms with Crippen molar-refractivity contribution in [3.8, 4) is 21.8 Å². The first-order valence-electron chi connectivity index (χ1n) is 12.8. The first-order chi connectivity index (χ1) is 18.0. The molecule has 2 aliphatic rings. The lowest BCUT2D eigenvalue weighted by Gasteiger charge is -2.32. The number of morpholine rings is 1. The van der Waals surface area contributed by atoms with E-state index in [1.165, 1.54) is 21.6 Å². The zero-order valence-corrected chi connectivity index (χ0v) is 22.2. The number of hydrogen-bond acceptors (Lipinski definition) is 10. The van der Waals surface area contributed by atoms with Crippen molar-refractivity contribution in [1.82, 2.24) is 29.7 Å². The summed E-state index contributed by atoms with van der Waals surface area (Å²) in [7, 11) is 2.20. The molecule has 2 N–H and O–H groups in total. The highest BCUT2D eigenvalue weighted by Crippen LogP contribution is 2.42. The van der Waals surface area contributed by atoms with Gasteiger partial charge in [0.15, 0.2) is 11.6 Å². The van der Waals surface area contributed by atoms with Gasteiger partial charge in [-0.05, 0) is 36.7 Å². The number of ether oxygens (including phenoxy) is 1. The number of fused-ring (bicyclic) bond motifs is 1. The summed E-state index contributed by atoms with van der Waals surface area (Å²) in [6, 6.07) is 8.97. The van der Waals surface area contributed by atoms with Gasteiger partial charge in [0.25, 0.3) is 0 Å². The van der Waals surface area contributed by atoms with Crippen molar-refractivity contribution in [3.63, 3.8) is 0 Å². The molecule has 0 unspecified atom stereocenters. The van der Waals surface area contributed by atoms with E-state index in [9.17, 15) is 0 Å². The Morgan fingerprint density at radius 1 is 0.973 bits per heavy atom. The molecule has 4 aromatic rings. The molecule has 0 bridgehead atoms. The maximum Gasteiger partial charge on any atom is 0.219 e. The quantitative estimate of drug-likeness (QED) is 0.429. The van der Waals surface area contributed by atoms with Crippen molar-refractivity contribution >= 4 is 33.3 Å². The first kappa shape index (κ1) is 24.2. The molecule has 0 atom stereocenters. The van der Waals surface area contributed by atoms with Crippen molar-refractivity contribution in [1.29, 1.82) is 0 Å². The number of piperazine rings is 1. The predicted octanol–water partition coefficient (Wildman–Crippen LogP) is 3.29. The maximum absolute atomic E-state index is 5.72. The fraction of sp³-hybridized carbons (Fsp3) is 0.407. The molecular formula is C27H32N8OS. The van der Waals surface area contributed by atoms with Gasteiger partial charge in [-0.1, -0.05) is 18.2 Å². The lowest BCUT2D eigenvalue weighted by atomic mass is 10.1. The number of benzene rings is 1. The third-order valence-corrected chi connectivity index (χ3v) is 8.51. The van der Waals surface area contributed by atoms with Gasteiger partial charge in [-0.3, -0.25) is 4.90 Å². The molecule has 0 radical (unpaired) electrons. The lowest BCUT2D eigenvalue weighted by Crippen LogP contribution is -2.43. The average Bonchev–Trinajstić information content (AvgIpc) is 3.27. The molecule has 10 heteroatoms. The number of aromatic nitrogens is 4. The Morgan fingerprint density at radius 3 is 2.49 bits per heavy atom. The Balaban J connectivity index is 1.40. The van der Waals surface area contributed by atoms with Crippen LogP contribution in [0.25, 0.3) is 32.0 Å². The Bertz CT molecular complexity index is 1390. The van der Waals surface area contributed by atoms with Crippen LogP contribution < -0.4 is 10.6 Å². The topological polar surface area (TPSA) is 96.5 Å². The van der Waals surface area contributed by atoms with E-state index in [0.29, 0.717) is 19.0 Å². The third kappa shape index (κ3) is 5.02. The van der Waals surface area contributed by atoms with E-state index in [1.54, 1.807) is 23.7 Å². The summed E-state index contributed by atoms with van der Waals surface area (Å²) in [5, 5.41) is 0. The van der Waals surface area contributed by atoms with E-state index in [0.717, 1.165) is 67.4 Å². The van der Waals surface area contributed by atoms with Crippen LogP contribution >= 0.6 is 11.3 Å². The molecular weight excluding hydrogens is 484 g/mol. The van der Waals surface area contributed by atoms with Crippen LogP contribution in [0.3, 0.4) is 0 Å². The number of hydrogen-bond donors (Lipinski definition) is 1. The molecule has 0 saturated carbocycles. The van der Waals surface area contributed by atoms with E-state index in [-0.39, 0.29) is 5.95 Å². The molecule has 9 nitrogen and oxygen atoms in total. The second-order valence-electron chi connectivity index (χ2n) is 9.81. The number of nitrogens with zero attached hydrogens (tertiary/aromatic N) is 7. The fourth-order valence-corrected chi connectivity index (χ4v) is 6.26. The van der Waals surface area contributed by atoms with Gasteiger partial charge in [-0.25, -0.2) is 19.9 Å². The summed E-state index contributed by atoms with van der Waals surface area (Å²) in [5.41, 5.74) is 11.2. The van der Waals surface area contributed by atoms with Crippen LogP contribution in [0.5, 0.6) is 0 Å². The van der Waals surface area contributed by atoms with Gasteiger partial charge in [0.1, 0.15) is 0 Å².